The molecule has 1 aromatic carbocycles. The van der Waals surface area contributed by atoms with E-state index in [0.717, 1.165) is 24.7 Å². The van der Waals surface area contributed by atoms with E-state index in [2.05, 4.69) is 6.92 Å². The summed E-state index contributed by atoms with van der Waals surface area (Å²) in [5.74, 6) is 1.75. The maximum absolute atomic E-state index is 6.04. The number of unbranched alkanes of at least 4 members (excludes halogenated alkanes) is 1. The van der Waals surface area contributed by atoms with Gasteiger partial charge in [-0.2, -0.15) is 0 Å². The molecule has 0 saturated carbocycles. The number of benzene rings is 1. The molecule has 106 valence electrons. The average molecular weight is 283 g/mol. The minimum atomic E-state index is 0.707. The Morgan fingerprint density at radius 1 is 1.21 bits per heavy atom. The normalized spacial score (nSPS) is 23.3. The van der Waals surface area contributed by atoms with Crippen molar-refractivity contribution >= 4 is 11.6 Å². The standard InChI is InChI=1S/C16H24ClNO/c1-14-8-11-18(12-9-14)10-4-5-13-19-16-7-3-2-6-15(16)17/h2-3,6-7,14H,4-5,8-13H2,1H3/p+1. The van der Waals surface area contributed by atoms with Crippen molar-refractivity contribution in [3.8, 4) is 5.75 Å². The third-order valence-corrected chi connectivity index (χ3v) is 4.31. The lowest BCUT2D eigenvalue weighted by molar-refractivity contribution is -0.906. The van der Waals surface area contributed by atoms with Crippen molar-refractivity contribution in [2.75, 3.05) is 26.2 Å². The molecule has 0 atom stereocenters. The quantitative estimate of drug-likeness (QED) is 0.792. The van der Waals surface area contributed by atoms with Gasteiger partial charge in [0, 0.05) is 0 Å². The van der Waals surface area contributed by atoms with Crippen LogP contribution in [0.15, 0.2) is 24.3 Å². The fourth-order valence-corrected chi connectivity index (χ4v) is 2.83. The van der Waals surface area contributed by atoms with Gasteiger partial charge in [-0.15, -0.1) is 0 Å². The minimum Gasteiger partial charge on any atom is -0.492 e. The summed E-state index contributed by atoms with van der Waals surface area (Å²) in [6.45, 7) is 7.14. The van der Waals surface area contributed by atoms with Crippen molar-refractivity contribution < 1.29 is 9.64 Å². The minimum absolute atomic E-state index is 0.707. The van der Waals surface area contributed by atoms with Crippen LogP contribution < -0.4 is 9.64 Å². The number of likely N-dealkylation sites (tertiary alicyclic amines) is 1. The fourth-order valence-electron chi connectivity index (χ4n) is 2.64. The fraction of sp³-hybridized carbons (Fsp3) is 0.625. The molecule has 0 amide bonds. The number of para-hydroxylation sites is 1. The highest BCUT2D eigenvalue weighted by Gasteiger charge is 2.17. The molecule has 0 aromatic heterocycles. The predicted molar refractivity (Wildman–Crippen MR) is 80.1 cm³/mol. The Morgan fingerprint density at radius 2 is 1.95 bits per heavy atom. The number of quaternary nitrogens is 1. The van der Waals surface area contributed by atoms with E-state index in [9.17, 15) is 0 Å². The Balaban J connectivity index is 1.56. The van der Waals surface area contributed by atoms with Crippen molar-refractivity contribution in [1.82, 2.24) is 0 Å². The van der Waals surface area contributed by atoms with Gasteiger partial charge in [0.15, 0.2) is 0 Å². The van der Waals surface area contributed by atoms with Gasteiger partial charge in [0.05, 0.1) is 31.3 Å². The SMILES string of the molecule is CC1CC[NH+](CCCCOc2ccccc2Cl)CC1. The van der Waals surface area contributed by atoms with Gasteiger partial charge in [-0.05, 0) is 43.7 Å². The van der Waals surface area contributed by atoms with Crippen molar-refractivity contribution in [1.29, 1.82) is 0 Å². The lowest BCUT2D eigenvalue weighted by Gasteiger charge is -2.27. The highest BCUT2D eigenvalue weighted by atomic mass is 35.5. The van der Waals surface area contributed by atoms with Gasteiger partial charge in [0.1, 0.15) is 5.75 Å². The Labute approximate surface area is 121 Å². The first-order valence-electron chi connectivity index (χ1n) is 7.46. The van der Waals surface area contributed by atoms with E-state index < -0.39 is 0 Å². The van der Waals surface area contributed by atoms with Crippen LogP contribution in [0.25, 0.3) is 0 Å². The van der Waals surface area contributed by atoms with Crippen molar-refractivity contribution in [2.45, 2.75) is 32.6 Å². The third kappa shape index (κ3) is 5.04. The third-order valence-electron chi connectivity index (χ3n) is 4.00. The number of hydrogen-bond donors (Lipinski definition) is 1. The first kappa shape index (κ1) is 14.7. The molecule has 1 N–H and O–H groups in total. The Bertz CT molecular complexity index is 375. The van der Waals surface area contributed by atoms with Gasteiger partial charge >= 0.3 is 0 Å². The Morgan fingerprint density at radius 3 is 2.68 bits per heavy atom. The van der Waals surface area contributed by atoms with Crippen LogP contribution in [-0.4, -0.2) is 26.2 Å². The van der Waals surface area contributed by atoms with Crippen molar-refractivity contribution in [3.63, 3.8) is 0 Å². The molecule has 3 heteroatoms. The van der Waals surface area contributed by atoms with Gasteiger partial charge in [0.2, 0.25) is 0 Å². The number of hydrogen-bond acceptors (Lipinski definition) is 1. The molecule has 0 bridgehead atoms. The van der Waals surface area contributed by atoms with Gasteiger partial charge in [-0.25, -0.2) is 0 Å². The summed E-state index contributed by atoms with van der Waals surface area (Å²) >= 11 is 6.04. The summed E-state index contributed by atoms with van der Waals surface area (Å²) in [5.41, 5.74) is 0. The molecule has 1 fully saturated rings. The second kappa shape index (κ2) is 7.76. The van der Waals surface area contributed by atoms with Gasteiger partial charge in [0.25, 0.3) is 0 Å². The summed E-state index contributed by atoms with van der Waals surface area (Å²) in [6, 6.07) is 7.69. The lowest BCUT2D eigenvalue weighted by Crippen LogP contribution is -3.13. The summed E-state index contributed by atoms with van der Waals surface area (Å²) in [5, 5.41) is 0.707. The van der Waals surface area contributed by atoms with Crippen molar-refractivity contribution in [2.24, 2.45) is 5.92 Å². The zero-order valence-corrected chi connectivity index (χ0v) is 12.6. The second-order valence-corrected chi connectivity index (χ2v) is 6.08. The molecule has 2 rings (SSSR count). The summed E-state index contributed by atoms with van der Waals surface area (Å²) in [6.07, 6.45) is 5.15. The summed E-state index contributed by atoms with van der Waals surface area (Å²) < 4.78 is 5.70. The summed E-state index contributed by atoms with van der Waals surface area (Å²) in [7, 11) is 0. The predicted octanol–water partition coefficient (Wildman–Crippen LogP) is 2.81. The van der Waals surface area contributed by atoms with Crippen LogP contribution in [-0.2, 0) is 0 Å². The average Bonchev–Trinajstić information content (AvgIpc) is 2.42. The second-order valence-electron chi connectivity index (χ2n) is 5.67. The molecule has 0 unspecified atom stereocenters. The van der Waals surface area contributed by atoms with Crippen LogP contribution in [0.4, 0.5) is 0 Å². The van der Waals surface area contributed by atoms with Gasteiger partial charge in [-0.1, -0.05) is 30.7 Å². The molecule has 1 aromatic rings. The van der Waals surface area contributed by atoms with Crippen LogP contribution in [0.5, 0.6) is 5.75 Å². The smallest absolute Gasteiger partial charge is 0.137 e. The lowest BCUT2D eigenvalue weighted by atomic mass is 9.99. The zero-order chi connectivity index (χ0) is 13.5. The van der Waals surface area contributed by atoms with E-state index in [-0.39, 0.29) is 0 Å². The van der Waals surface area contributed by atoms with E-state index in [1.807, 2.05) is 24.3 Å². The van der Waals surface area contributed by atoms with Crippen LogP contribution in [0.1, 0.15) is 32.6 Å². The molecular formula is C16H25ClNO+. The van der Waals surface area contributed by atoms with Gasteiger partial charge < -0.3 is 9.64 Å². The number of ether oxygens (including phenoxy) is 1. The molecule has 0 radical (unpaired) electrons. The summed E-state index contributed by atoms with van der Waals surface area (Å²) in [4.78, 5) is 1.77. The Hall–Kier alpha value is -0.730. The van der Waals surface area contributed by atoms with E-state index in [1.54, 1.807) is 4.90 Å². The molecular weight excluding hydrogens is 258 g/mol. The Kier molecular flexibility index (Phi) is 5.99. The molecule has 1 aliphatic rings. The first-order chi connectivity index (χ1) is 9.25. The van der Waals surface area contributed by atoms with Crippen LogP contribution >= 0.6 is 11.6 Å². The largest absolute Gasteiger partial charge is 0.492 e. The van der Waals surface area contributed by atoms with Gasteiger partial charge in [-0.3, -0.25) is 0 Å². The zero-order valence-electron chi connectivity index (χ0n) is 11.8. The van der Waals surface area contributed by atoms with Crippen LogP contribution in [0.3, 0.4) is 0 Å². The molecule has 1 saturated heterocycles. The number of rotatable bonds is 6. The number of halogens is 1. The molecule has 1 heterocycles. The molecule has 2 nitrogen and oxygen atoms in total. The van der Waals surface area contributed by atoms with Crippen LogP contribution in [0.2, 0.25) is 5.02 Å². The van der Waals surface area contributed by atoms with E-state index in [4.69, 9.17) is 16.3 Å². The number of nitrogens with one attached hydrogen (secondary N) is 1. The van der Waals surface area contributed by atoms with E-state index in [0.29, 0.717) is 5.02 Å². The number of piperidine rings is 1. The van der Waals surface area contributed by atoms with E-state index in [1.165, 1.54) is 38.9 Å². The maximum Gasteiger partial charge on any atom is 0.137 e. The topological polar surface area (TPSA) is 13.7 Å². The van der Waals surface area contributed by atoms with Crippen molar-refractivity contribution in [3.05, 3.63) is 29.3 Å². The maximum atomic E-state index is 6.04. The van der Waals surface area contributed by atoms with E-state index >= 15 is 0 Å². The van der Waals surface area contributed by atoms with Crippen LogP contribution in [0, 0.1) is 5.92 Å². The highest BCUT2D eigenvalue weighted by molar-refractivity contribution is 6.32. The molecule has 19 heavy (non-hydrogen) atoms. The monoisotopic (exact) mass is 282 g/mol. The molecule has 1 aliphatic heterocycles. The highest BCUT2D eigenvalue weighted by Crippen LogP contribution is 2.23. The molecule has 0 spiro atoms. The first-order valence-corrected chi connectivity index (χ1v) is 7.84. The molecule has 0 aliphatic carbocycles.